The van der Waals surface area contributed by atoms with Crippen molar-refractivity contribution in [3.63, 3.8) is 0 Å². The van der Waals surface area contributed by atoms with Crippen LogP contribution in [0.2, 0.25) is 0 Å². The molecule has 0 aliphatic heterocycles. The van der Waals surface area contributed by atoms with Gasteiger partial charge in [0, 0.05) is 31.0 Å². The van der Waals surface area contributed by atoms with Gasteiger partial charge in [0.05, 0.1) is 33.9 Å². The van der Waals surface area contributed by atoms with Crippen LogP contribution in [-0.4, -0.2) is 70.2 Å². The second-order valence-electron chi connectivity index (χ2n) is 7.01. The molecule has 2 N–H and O–H groups in total. The number of nitrogens with zero attached hydrogens (tertiary/aromatic N) is 1. The van der Waals surface area contributed by atoms with Crippen LogP contribution in [0.4, 0.5) is 5.69 Å². The lowest BCUT2D eigenvalue weighted by Gasteiger charge is -2.22. The Morgan fingerprint density at radius 1 is 0.906 bits per heavy atom. The van der Waals surface area contributed by atoms with Gasteiger partial charge in [0.25, 0.3) is 5.91 Å². The SMILES string of the molecule is COCCN(CC(=O)NCC(=O)Nc1ccc(C)cc1)C(=O)c1cc(OC)cc(OC)c1. The van der Waals surface area contributed by atoms with Gasteiger partial charge < -0.3 is 29.7 Å². The lowest BCUT2D eigenvalue weighted by Crippen LogP contribution is -2.44. The fraction of sp³-hybridized carbons (Fsp3) is 0.348. The molecule has 0 saturated heterocycles. The lowest BCUT2D eigenvalue weighted by molar-refractivity contribution is -0.124. The van der Waals surface area contributed by atoms with E-state index < -0.39 is 11.8 Å². The largest absolute Gasteiger partial charge is 0.497 e. The molecule has 9 nitrogen and oxygen atoms in total. The van der Waals surface area contributed by atoms with Gasteiger partial charge in [-0.05, 0) is 31.2 Å². The van der Waals surface area contributed by atoms with Crippen molar-refractivity contribution in [1.29, 1.82) is 0 Å². The fourth-order valence-electron chi connectivity index (χ4n) is 2.82. The van der Waals surface area contributed by atoms with E-state index in [0.717, 1.165) is 5.56 Å². The molecule has 0 aliphatic carbocycles. The van der Waals surface area contributed by atoms with Gasteiger partial charge in [0.15, 0.2) is 0 Å². The third kappa shape index (κ3) is 7.59. The first-order valence-corrected chi connectivity index (χ1v) is 10.0. The summed E-state index contributed by atoms with van der Waals surface area (Å²) < 4.78 is 15.5. The number of carbonyl (C=O) groups is 3. The highest BCUT2D eigenvalue weighted by Gasteiger charge is 2.20. The van der Waals surface area contributed by atoms with Crippen LogP contribution in [0, 0.1) is 6.92 Å². The summed E-state index contributed by atoms with van der Waals surface area (Å²) in [6.07, 6.45) is 0. The van der Waals surface area contributed by atoms with Crippen LogP contribution in [0.5, 0.6) is 11.5 Å². The van der Waals surface area contributed by atoms with Gasteiger partial charge >= 0.3 is 0 Å². The van der Waals surface area contributed by atoms with Crippen LogP contribution in [0.1, 0.15) is 15.9 Å². The van der Waals surface area contributed by atoms with Crippen molar-refractivity contribution in [2.45, 2.75) is 6.92 Å². The summed E-state index contributed by atoms with van der Waals surface area (Å²) in [5.74, 6) is -0.315. The van der Waals surface area contributed by atoms with E-state index >= 15 is 0 Å². The highest BCUT2D eigenvalue weighted by molar-refractivity contribution is 5.98. The molecule has 0 unspecified atom stereocenters. The molecule has 2 aromatic carbocycles. The van der Waals surface area contributed by atoms with E-state index in [4.69, 9.17) is 14.2 Å². The number of methoxy groups -OCH3 is 3. The number of hydrogen-bond acceptors (Lipinski definition) is 6. The Labute approximate surface area is 187 Å². The number of benzene rings is 2. The zero-order chi connectivity index (χ0) is 23.5. The summed E-state index contributed by atoms with van der Waals surface area (Å²) >= 11 is 0. The molecule has 0 radical (unpaired) electrons. The molecule has 0 saturated carbocycles. The van der Waals surface area contributed by atoms with Crippen LogP contribution in [0.15, 0.2) is 42.5 Å². The van der Waals surface area contributed by atoms with Gasteiger partial charge in [-0.3, -0.25) is 14.4 Å². The van der Waals surface area contributed by atoms with Crippen molar-refractivity contribution in [3.05, 3.63) is 53.6 Å². The van der Waals surface area contributed by atoms with Gasteiger partial charge in [-0.25, -0.2) is 0 Å². The maximum atomic E-state index is 13.0. The molecule has 0 aromatic heterocycles. The van der Waals surface area contributed by atoms with Crippen LogP contribution >= 0.6 is 0 Å². The molecule has 0 aliphatic rings. The van der Waals surface area contributed by atoms with E-state index in [-0.39, 0.29) is 32.1 Å². The van der Waals surface area contributed by atoms with E-state index in [0.29, 0.717) is 22.7 Å². The van der Waals surface area contributed by atoms with Crippen molar-refractivity contribution in [2.24, 2.45) is 0 Å². The minimum atomic E-state index is -0.469. The Morgan fingerprint density at radius 2 is 1.53 bits per heavy atom. The average molecular weight is 444 g/mol. The van der Waals surface area contributed by atoms with E-state index in [1.165, 1.54) is 26.2 Å². The molecule has 0 heterocycles. The molecule has 9 heteroatoms. The number of ether oxygens (including phenoxy) is 3. The molecular weight excluding hydrogens is 414 g/mol. The van der Waals surface area contributed by atoms with Crippen LogP contribution in [0.3, 0.4) is 0 Å². The standard InChI is InChI=1S/C23H29N3O6/c1-16-5-7-18(8-6-16)25-21(27)14-24-22(28)15-26(9-10-30-2)23(29)17-11-19(31-3)13-20(12-17)32-4/h5-8,11-13H,9-10,14-15H2,1-4H3,(H,24,28)(H,25,27). The number of hydrogen-bond donors (Lipinski definition) is 2. The Bertz CT molecular complexity index is 908. The Hall–Kier alpha value is -3.59. The number of rotatable bonds is 11. The zero-order valence-electron chi connectivity index (χ0n) is 18.8. The summed E-state index contributed by atoms with van der Waals surface area (Å²) in [6.45, 7) is 1.93. The van der Waals surface area contributed by atoms with E-state index in [9.17, 15) is 14.4 Å². The predicted octanol–water partition coefficient (Wildman–Crippen LogP) is 1.86. The van der Waals surface area contributed by atoms with Crippen LogP contribution in [-0.2, 0) is 14.3 Å². The Morgan fingerprint density at radius 3 is 2.09 bits per heavy atom. The topological polar surface area (TPSA) is 106 Å². The van der Waals surface area contributed by atoms with Crippen LogP contribution in [0.25, 0.3) is 0 Å². The number of aryl methyl sites for hydroxylation is 1. The molecule has 3 amide bonds. The highest BCUT2D eigenvalue weighted by Crippen LogP contribution is 2.23. The van der Waals surface area contributed by atoms with E-state index in [1.54, 1.807) is 30.3 Å². The third-order valence-corrected chi connectivity index (χ3v) is 4.57. The number of carbonyl (C=O) groups excluding carboxylic acids is 3. The van der Waals surface area contributed by atoms with Gasteiger partial charge in [-0.2, -0.15) is 0 Å². The molecule has 172 valence electrons. The first kappa shape index (κ1) is 24.7. The molecule has 0 spiro atoms. The second-order valence-corrected chi connectivity index (χ2v) is 7.01. The van der Waals surface area contributed by atoms with Crippen LogP contribution < -0.4 is 20.1 Å². The summed E-state index contributed by atoms with van der Waals surface area (Å²) in [7, 11) is 4.48. The van der Waals surface area contributed by atoms with Gasteiger partial charge in [-0.15, -0.1) is 0 Å². The lowest BCUT2D eigenvalue weighted by atomic mass is 10.1. The molecule has 32 heavy (non-hydrogen) atoms. The number of anilines is 1. The minimum Gasteiger partial charge on any atom is -0.497 e. The first-order valence-electron chi connectivity index (χ1n) is 10.0. The first-order chi connectivity index (χ1) is 15.4. The minimum absolute atomic E-state index is 0.192. The quantitative estimate of drug-likeness (QED) is 0.549. The smallest absolute Gasteiger partial charge is 0.254 e. The summed E-state index contributed by atoms with van der Waals surface area (Å²) in [5, 5.41) is 5.24. The van der Waals surface area contributed by atoms with Crippen molar-refractivity contribution >= 4 is 23.4 Å². The van der Waals surface area contributed by atoms with E-state index in [2.05, 4.69) is 10.6 Å². The molecule has 0 atom stereocenters. The molecular formula is C23H29N3O6. The van der Waals surface area contributed by atoms with Crippen molar-refractivity contribution in [2.75, 3.05) is 52.9 Å². The molecule has 2 rings (SSSR count). The fourth-order valence-corrected chi connectivity index (χ4v) is 2.82. The number of amides is 3. The summed E-state index contributed by atoms with van der Waals surface area (Å²) in [4.78, 5) is 38.9. The van der Waals surface area contributed by atoms with Gasteiger partial charge in [0.1, 0.15) is 11.5 Å². The Balaban J connectivity index is 1.99. The zero-order valence-corrected chi connectivity index (χ0v) is 18.8. The third-order valence-electron chi connectivity index (χ3n) is 4.57. The maximum absolute atomic E-state index is 13.0. The maximum Gasteiger partial charge on any atom is 0.254 e. The average Bonchev–Trinajstić information content (AvgIpc) is 2.81. The second kappa shape index (κ2) is 12.3. The summed E-state index contributed by atoms with van der Waals surface area (Å²) in [6, 6.07) is 12.1. The molecule has 0 fully saturated rings. The normalized spacial score (nSPS) is 10.2. The van der Waals surface area contributed by atoms with E-state index in [1.807, 2.05) is 19.1 Å². The molecule has 0 bridgehead atoms. The monoisotopic (exact) mass is 443 g/mol. The van der Waals surface area contributed by atoms with Crippen molar-refractivity contribution in [1.82, 2.24) is 10.2 Å². The van der Waals surface area contributed by atoms with Gasteiger partial charge in [0.2, 0.25) is 11.8 Å². The number of nitrogens with one attached hydrogen (secondary N) is 2. The van der Waals surface area contributed by atoms with Crippen molar-refractivity contribution < 1.29 is 28.6 Å². The highest BCUT2D eigenvalue weighted by atomic mass is 16.5. The Kier molecular flexibility index (Phi) is 9.49. The van der Waals surface area contributed by atoms with Crippen molar-refractivity contribution in [3.8, 4) is 11.5 Å². The van der Waals surface area contributed by atoms with Gasteiger partial charge in [-0.1, -0.05) is 17.7 Å². The molecule has 2 aromatic rings. The predicted molar refractivity (Wildman–Crippen MR) is 120 cm³/mol. The summed E-state index contributed by atoms with van der Waals surface area (Å²) in [5.41, 5.74) is 2.02.